The van der Waals surface area contributed by atoms with E-state index in [1.165, 1.54) is 0 Å². The van der Waals surface area contributed by atoms with Crippen LogP contribution >= 0.6 is 11.8 Å². The average molecular weight is 424 g/mol. The highest BCUT2D eigenvalue weighted by atomic mass is 32.2. The predicted octanol–water partition coefficient (Wildman–Crippen LogP) is 4.16. The first kappa shape index (κ1) is 20.5. The van der Waals surface area contributed by atoms with Crippen molar-refractivity contribution in [2.45, 2.75) is 11.8 Å². The summed E-state index contributed by atoms with van der Waals surface area (Å²) in [7, 11) is 3.34. The number of methoxy groups -OCH3 is 2. The van der Waals surface area contributed by atoms with Crippen molar-refractivity contribution in [1.29, 1.82) is 0 Å². The number of hydrogen-bond acceptors (Lipinski definition) is 5. The minimum Gasteiger partial charge on any atom is -0.497 e. The SMILES string of the molecule is COCCCN1C(=O)CSC1c1cn(-c2ccccc2)nc1-c1ccc(OC)cc1. The molecule has 1 aliphatic rings. The lowest BCUT2D eigenvalue weighted by atomic mass is 10.1. The fourth-order valence-corrected chi connectivity index (χ4v) is 4.81. The molecule has 1 unspecified atom stereocenters. The molecule has 0 aliphatic carbocycles. The van der Waals surface area contributed by atoms with Crippen molar-refractivity contribution in [2.75, 3.05) is 33.1 Å². The lowest BCUT2D eigenvalue weighted by molar-refractivity contribution is -0.128. The number of para-hydroxylation sites is 1. The number of rotatable bonds is 8. The zero-order valence-electron chi connectivity index (χ0n) is 17.2. The van der Waals surface area contributed by atoms with Crippen molar-refractivity contribution in [3.05, 3.63) is 66.4 Å². The van der Waals surface area contributed by atoms with Gasteiger partial charge in [-0.15, -0.1) is 11.8 Å². The van der Waals surface area contributed by atoms with Gasteiger partial charge in [-0.1, -0.05) is 18.2 Å². The second kappa shape index (κ2) is 9.36. The fourth-order valence-electron chi connectivity index (χ4n) is 3.59. The molecule has 3 aromatic rings. The van der Waals surface area contributed by atoms with Gasteiger partial charge in [-0.25, -0.2) is 4.68 Å². The number of aromatic nitrogens is 2. The third kappa shape index (κ3) is 4.22. The van der Waals surface area contributed by atoms with Crippen molar-refractivity contribution >= 4 is 17.7 Å². The Balaban J connectivity index is 1.74. The van der Waals surface area contributed by atoms with Crippen LogP contribution in [0.4, 0.5) is 0 Å². The van der Waals surface area contributed by atoms with Crippen molar-refractivity contribution in [3.63, 3.8) is 0 Å². The van der Waals surface area contributed by atoms with E-state index in [2.05, 4.69) is 6.20 Å². The molecule has 2 heterocycles. The van der Waals surface area contributed by atoms with Crippen LogP contribution in [-0.4, -0.2) is 53.7 Å². The first-order valence-electron chi connectivity index (χ1n) is 9.90. The van der Waals surface area contributed by atoms with E-state index in [4.69, 9.17) is 14.6 Å². The van der Waals surface area contributed by atoms with Crippen LogP contribution in [0, 0.1) is 0 Å². The molecular formula is C23H25N3O3S. The summed E-state index contributed by atoms with van der Waals surface area (Å²) in [6, 6.07) is 17.9. The molecule has 1 fully saturated rings. The van der Waals surface area contributed by atoms with Crippen molar-refractivity contribution in [1.82, 2.24) is 14.7 Å². The van der Waals surface area contributed by atoms with Crippen LogP contribution in [0.2, 0.25) is 0 Å². The van der Waals surface area contributed by atoms with Gasteiger partial charge in [0.1, 0.15) is 11.1 Å². The Kier molecular flexibility index (Phi) is 6.40. The molecule has 2 aromatic carbocycles. The third-order valence-corrected chi connectivity index (χ3v) is 6.35. The standard InChI is InChI=1S/C23H25N3O3S/c1-28-14-6-13-25-21(27)16-30-23(25)20-15-26(18-7-4-3-5-8-18)24-22(20)17-9-11-19(29-2)12-10-17/h3-5,7-12,15,23H,6,13-14,16H2,1-2H3. The second-order valence-corrected chi connectivity index (χ2v) is 8.11. The van der Waals surface area contributed by atoms with Crippen LogP contribution in [0.3, 0.4) is 0 Å². The molecule has 1 atom stereocenters. The molecule has 0 N–H and O–H groups in total. The normalized spacial score (nSPS) is 16.3. The number of benzene rings is 2. The fraction of sp³-hybridized carbons (Fsp3) is 0.304. The Morgan fingerprint density at radius 3 is 2.57 bits per heavy atom. The quantitative estimate of drug-likeness (QED) is 0.509. The number of hydrogen-bond donors (Lipinski definition) is 0. The van der Waals surface area contributed by atoms with Crippen molar-refractivity contribution in [2.24, 2.45) is 0 Å². The molecule has 0 radical (unpaired) electrons. The van der Waals surface area contributed by atoms with E-state index in [0.717, 1.165) is 34.7 Å². The maximum Gasteiger partial charge on any atom is 0.233 e. The maximum atomic E-state index is 12.6. The summed E-state index contributed by atoms with van der Waals surface area (Å²) < 4.78 is 12.4. The van der Waals surface area contributed by atoms with Gasteiger partial charge in [0, 0.05) is 37.6 Å². The molecule has 7 heteroatoms. The molecular weight excluding hydrogens is 398 g/mol. The van der Waals surface area contributed by atoms with Gasteiger partial charge >= 0.3 is 0 Å². The van der Waals surface area contributed by atoms with Crippen molar-refractivity contribution in [3.8, 4) is 22.7 Å². The molecule has 4 rings (SSSR count). The summed E-state index contributed by atoms with van der Waals surface area (Å²) in [5, 5.41) is 4.84. The number of amides is 1. The molecule has 1 saturated heterocycles. The predicted molar refractivity (Wildman–Crippen MR) is 119 cm³/mol. The summed E-state index contributed by atoms with van der Waals surface area (Å²) in [6.07, 6.45) is 2.86. The van der Waals surface area contributed by atoms with E-state index in [-0.39, 0.29) is 11.3 Å². The zero-order valence-corrected chi connectivity index (χ0v) is 18.0. The van der Waals surface area contributed by atoms with Crippen LogP contribution in [-0.2, 0) is 9.53 Å². The average Bonchev–Trinajstić information content (AvgIpc) is 3.39. The summed E-state index contributed by atoms with van der Waals surface area (Å²) in [5.74, 6) is 1.44. The number of thioether (sulfide) groups is 1. The second-order valence-electron chi connectivity index (χ2n) is 7.04. The lowest BCUT2D eigenvalue weighted by Gasteiger charge is -2.24. The molecule has 1 amide bonds. The summed E-state index contributed by atoms with van der Waals surface area (Å²) in [4.78, 5) is 14.5. The minimum atomic E-state index is -0.0658. The lowest BCUT2D eigenvalue weighted by Crippen LogP contribution is -2.30. The van der Waals surface area contributed by atoms with Gasteiger partial charge in [-0.3, -0.25) is 4.79 Å². The van der Waals surface area contributed by atoms with Crippen LogP contribution in [0.5, 0.6) is 5.75 Å². The van der Waals surface area contributed by atoms with Gasteiger partial charge in [0.25, 0.3) is 0 Å². The van der Waals surface area contributed by atoms with Gasteiger partial charge < -0.3 is 14.4 Å². The number of carbonyl (C=O) groups is 1. The molecule has 30 heavy (non-hydrogen) atoms. The molecule has 1 aliphatic heterocycles. The minimum absolute atomic E-state index is 0.0658. The smallest absolute Gasteiger partial charge is 0.233 e. The Morgan fingerprint density at radius 2 is 1.87 bits per heavy atom. The van der Waals surface area contributed by atoms with E-state index < -0.39 is 0 Å². The maximum absolute atomic E-state index is 12.6. The number of ether oxygens (including phenoxy) is 2. The number of carbonyl (C=O) groups excluding carboxylic acids is 1. The van der Waals surface area contributed by atoms with E-state index in [9.17, 15) is 4.79 Å². The largest absolute Gasteiger partial charge is 0.497 e. The van der Waals surface area contributed by atoms with Gasteiger partial charge in [-0.2, -0.15) is 5.10 Å². The monoisotopic (exact) mass is 423 g/mol. The van der Waals surface area contributed by atoms with E-state index >= 15 is 0 Å². The van der Waals surface area contributed by atoms with Crippen LogP contribution < -0.4 is 4.74 Å². The summed E-state index contributed by atoms with van der Waals surface area (Å²) in [6.45, 7) is 1.30. The molecule has 0 spiro atoms. The van der Waals surface area contributed by atoms with Crippen LogP contribution in [0.15, 0.2) is 60.8 Å². The van der Waals surface area contributed by atoms with Crippen LogP contribution in [0.25, 0.3) is 16.9 Å². The van der Waals surface area contributed by atoms with E-state index in [0.29, 0.717) is 18.9 Å². The molecule has 0 bridgehead atoms. The Labute approximate surface area is 180 Å². The Hall–Kier alpha value is -2.77. The van der Waals surface area contributed by atoms with Crippen LogP contribution in [0.1, 0.15) is 17.4 Å². The Bertz CT molecular complexity index is 989. The molecule has 0 saturated carbocycles. The van der Waals surface area contributed by atoms with Gasteiger partial charge in [0.05, 0.1) is 24.2 Å². The highest BCUT2D eigenvalue weighted by molar-refractivity contribution is 8.00. The zero-order chi connectivity index (χ0) is 20.9. The first-order valence-corrected chi connectivity index (χ1v) is 11.0. The highest BCUT2D eigenvalue weighted by Gasteiger charge is 2.35. The number of nitrogens with zero attached hydrogens (tertiary/aromatic N) is 3. The summed E-state index contributed by atoms with van der Waals surface area (Å²) >= 11 is 1.65. The molecule has 6 nitrogen and oxygen atoms in total. The Morgan fingerprint density at radius 1 is 1.10 bits per heavy atom. The van der Waals surface area contributed by atoms with Gasteiger partial charge in [0.15, 0.2) is 0 Å². The van der Waals surface area contributed by atoms with Gasteiger partial charge in [0.2, 0.25) is 5.91 Å². The van der Waals surface area contributed by atoms with Gasteiger partial charge in [-0.05, 0) is 42.8 Å². The third-order valence-electron chi connectivity index (χ3n) is 5.11. The molecule has 156 valence electrons. The topological polar surface area (TPSA) is 56.6 Å². The first-order chi connectivity index (χ1) is 14.7. The molecule has 1 aromatic heterocycles. The van der Waals surface area contributed by atoms with E-state index in [1.807, 2.05) is 64.2 Å². The van der Waals surface area contributed by atoms with E-state index in [1.54, 1.807) is 26.0 Å². The highest BCUT2D eigenvalue weighted by Crippen LogP contribution is 2.43. The van der Waals surface area contributed by atoms with Crippen molar-refractivity contribution < 1.29 is 14.3 Å². The summed E-state index contributed by atoms with van der Waals surface area (Å²) in [5.41, 5.74) is 3.90.